The lowest BCUT2D eigenvalue weighted by Gasteiger charge is -2.06. The maximum Gasteiger partial charge on any atom is 0.303 e. The first-order chi connectivity index (χ1) is 5.52. The van der Waals surface area contributed by atoms with Crippen LogP contribution in [0.2, 0.25) is 0 Å². The minimum atomic E-state index is -0.225. The summed E-state index contributed by atoms with van der Waals surface area (Å²) in [5.74, 6) is 0.433. The van der Waals surface area contributed by atoms with Gasteiger partial charge in [0.2, 0.25) is 0 Å². The molecule has 0 radical (unpaired) electrons. The van der Waals surface area contributed by atoms with Gasteiger partial charge < -0.3 is 4.74 Å². The van der Waals surface area contributed by atoms with Crippen molar-refractivity contribution in [2.75, 3.05) is 0 Å². The van der Waals surface area contributed by atoms with Crippen molar-refractivity contribution in [3.8, 4) is 0 Å². The van der Waals surface area contributed by atoms with E-state index >= 15 is 0 Å². The van der Waals surface area contributed by atoms with Crippen LogP contribution >= 0.6 is 0 Å². The zero-order chi connectivity index (χ0) is 9.56. The van der Waals surface area contributed by atoms with E-state index in [1.54, 1.807) is 0 Å². The first-order valence-corrected chi connectivity index (χ1v) is 4.36. The highest BCUT2D eigenvalue weighted by molar-refractivity contribution is 5.66. The second-order valence-corrected chi connectivity index (χ2v) is 3.37. The molecular weight excluding hydrogens is 152 g/mol. The average molecular weight is 170 g/mol. The van der Waals surface area contributed by atoms with Gasteiger partial charge in [-0.3, -0.25) is 4.79 Å². The second-order valence-electron chi connectivity index (χ2n) is 3.37. The van der Waals surface area contributed by atoms with E-state index in [4.69, 9.17) is 4.74 Å². The molecule has 0 N–H and O–H groups in total. The second kappa shape index (κ2) is 5.81. The van der Waals surface area contributed by atoms with E-state index in [1.165, 1.54) is 6.92 Å². The predicted octanol–water partition coefficient (Wildman–Crippen LogP) is 2.54. The highest BCUT2D eigenvalue weighted by atomic mass is 16.5. The van der Waals surface area contributed by atoms with Crippen LogP contribution in [0, 0.1) is 5.92 Å². The molecule has 0 aliphatic carbocycles. The van der Waals surface area contributed by atoms with Gasteiger partial charge >= 0.3 is 5.97 Å². The Morgan fingerprint density at radius 2 is 2.00 bits per heavy atom. The Bertz CT molecular complexity index is 159. The fourth-order valence-corrected chi connectivity index (χ4v) is 0.843. The van der Waals surface area contributed by atoms with Crippen molar-refractivity contribution in [1.29, 1.82) is 0 Å². The summed E-state index contributed by atoms with van der Waals surface area (Å²) in [6.07, 6.45) is 4.91. The van der Waals surface area contributed by atoms with E-state index in [1.807, 2.05) is 13.0 Å². The molecule has 0 unspecified atom stereocenters. The van der Waals surface area contributed by atoms with Gasteiger partial charge in [-0.1, -0.05) is 19.9 Å². The summed E-state index contributed by atoms with van der Waals surface area (Å²) >= 11 is 0. The number of ether oxygens (including phenoxy) is 1. The third-order valence-corrected chi connectivity index (χ3v) is 1.37. The maximum absolute atomic E-state index is 10.5. The van der Waals surface area contributed by atoms with Crippen molar-refractivity contribution in [3.63, 3.8) is 0 Å². The Morgan fingerprint density at radius 3 is 2.42 bits per heavy atom. The molecule has 0 heterocycles. The summed E-state index contributed by atoms with van der Waals surface area (Å²) in [7, 11) is 0. The van der Waals surface area contributed by atoms with Gasteiger partial charge in [-0.05, 0) is 25.3 Å². The molecule has 0 fully saturated rings. The number of allylic oxidation sites excluding steroid dienone is 1. The van der Waals surface area contributed by atoms with Crippen LogP contribution in [0.1, 0.15) is 34.1 Å². The molecule has 2 nitrogen and oxygen atoms in total. The van der Waals surface area contributed by atoms with Gasteiger partial charge in [-0.2, -0.15) is 0 Å². The monoisotopic (exact) mass is 170 g/mol. The lowest BCUT2D eigenvalue weighted by Crippen LogP contribution is -2.08. The van der Waals surface area contributed by atoms with E-state index in [-0.39, 0.29) is 12.1 Å². The molecular formula is C10H18O2. The minimum absolute atomic E-state index is 0.0961. The SMILES string of the molecule is CC(=O)O[C@H](C)/C=C/CC(C)C. The summed E-state index contributed by atoms with van der Waals surface area (Å²) in [5, 5.41) is 0. The van der Waals surface area contributed by atoms with Crippen LogP contribution in [-0.2, 0) is 9.53 Å². The van der Waals surface area contributed by atoms with E-state index in [2.05, 4.69) is 19.9 Å². The van der Waals surface area contributed by atoms with Crippen molar-refractivity contribution in [2.24, 2.45) is 5.92 Å². The smallest absolute Gasteiger partial charge is 0.303 e. The van der Waals surface area contributed by atoms with Crippen LogP contribution in [0.5, 0.6) is 0 Å². The molecule has 0 rings (SSSR count). The van der Waals surface area contributed by atoms with E-state index in [0.717, 1.165) is 6.42 Å². The van der Waals surface area contributed by atoms with Gasteiger partial charge in [0.1, 0.15) is 6.10 Å². The van der Waals surface area contributed by atoms with Crippen molar-refractivity contribution >= 4 is 5.97 Å². The highest BCUT2D eigenvalue weighted by Crippen LogP contribution is 2.02. The zero-order valence-corrected chi connectivity index (χ0v) is 8.33. The van der Waals surface area contributed by atoms with Crippen LogP contribution in [0.15, 0.2) is 12.2 Å². The van der Waals surface area contributed by atoms with E-state index < -0.39 is 0 Å². The minimum Gasteiger partial charge on any atom is -0.459 e. The molecule has 0 saturated heterocycles. The quantitative estimate of drug-likeness (QED) is 0.478. The predicted molar refractivity (Wildman–Crippen MR) is 49.8 cm³/mol. The van der Waals surface area contributed by atoms with Gasteiger partial charge in [-0.25, -0.2) is 0 Å². The van der Waals surface area contributed by atoms with Gasteiger partial charge in [0.05, 0.1) is 0 Å². The summed E-state index contributed by atoms with van der Waals surface area (Å²) in [6.45, 7) is 7.59. The lowest BCUT2D eigenvalue weighted by molar-refractivity contribution is -0.143. The highest BCUT2D eigenvalue weighted by Gasteiger charge is 1.99. The number of hydrogen-bond donors (Lipinski definition) is 0. The average Bonchev–Trinajstić information content (AvgIpc) is 1.84. The van der Waals surface area contributed by atoms with Crippen LogP contribution in [0.3, 0.4) is 0 Å². The fraction of sp³-hybridized carbons (Fsp3) is 0.700. The fourth-order valence-electron chi connectivity index (χ4n) is 0.843. The number of carbonyl (C=O) groups is 1. The number of carbonyl (C=O) groups excluding carboxylic acids is 1. The Labute approximate surface area is 74.6 Å². The van der Waals surface area contributed by atoms with Crippen LogP contribution in [0.25, 0.3) is 0 Å². The number of esters is 1. The van der Waals surface area contributed by atoms with Gasteiger partial charge in [0.25, 0.3) is 0 Å². The molecule has 70 valence electrons. The Balaban J connectivity index is 3.60. The van der Waals surface area contributed by atoms with E-state index in [0.29, 0.717) is 5.92 Å². The van der Waals surface area contributed by atoms with Crippen molar-refractivity contribution in [1.82, 2.24) is 0 Å². The largest absolute Gasteiger partial charge is 0.459 e. The van der Waals surface area contributed by atoms with Crippen molar-refractivity contribution < 1.29 is 9.53 Å². The molecule has 1 atom stereocenters. The Hall–Kier alpha value is -0.790. The molecule has 2 heteroatoms. The van der Waals surface area contributed by atoms with Crippen LogP contribution in [0.4, 0.5) is 0 Å². The summed E-state index contributed by atoms with van der Waals surface area (Å²) in [5.41, 5.74) is 0. The molecule has 12 heavy (non-hydrogen) atoms. The summed E-state index contributed by atoms with van der Waals surface area (Å²) < 4.78 is 4.91. The van der Waals surface area contributed by atoms with E-state index in [9.17, 15) is 4.79 Å². The summed E-state index contributed by atoms with van der Waals surface area (Å²) in [4.78, 5) is 10.5. The molecule has 0 aliphatic heterocycles. The first-order valence-electron chi connectivity index (χ1n) is 4.36. The standard InChI is InChI=1S/C10H18O2/c1-8(2)6-5-7-9(3)12-10(4)11/h5,7-9H,6H2,1-4H3/b7-5+/t9-/m1/s1. The maximum atomic E-state index is 10.5. The van der Waals surface area contributed by atoms with Crippen LogP contribution in [-0.4, -0.2) is 12.1 Å². The first kappa shape index (κ1) is 11.2. The molecule has 0 amide bonds. The summed E-state index contributed by atoms with van der Waals surface area (Å²) in [6, 6.07) is 0. The third kappa shape index (κ3) is 7.32. The third-order valence-electron chi connectivity index (χ3n) is 1.37. The topological polar surface area (TPSA) is 26.3 Å². The molecule has 0 saturated carbocycles. The normalized spacial score (nSPS) is 13.8. The molecule has 0 aliphatic rings. The van der Waals surface area contributed by atoms with Crippen molar-refractivity contribution in [3.05, 3.63) is 12.2 Å². The molecule has 0 aromatic carbocycles. The van der Waals surface area contributed by atoms with Crippen molar-refractivity contribution in [2.45, 2.75) is 40.2 Å². The van der Waals surface area contributed by atoms with Gasteiger partial charge in [-0.15, -0.1) is 0 Å². The zero-order valence-electron chi connectivity index (χ0n) is 8.33. The molecule has 0 spiro atoms. The van der Waals surface area contributed by atoms with Crippen LogP contribution < -0.4 is 0 Å². The lowest BCUT2D eigenvalue weighted by atomic mass is 10.1. The number of rotatable bonds is 4. The number of hydrogen-bond acceptors (Lipinski definition) is 2. The molecule has 0 bridgehead atoms. The van der Waals surface area contributed by atoms with Gasteiger partial charge in [0, 0.05) is 6.92 Å². The Kier molecular flexibility index (Phi) is 5.43. The molecule has 0 aromatic heterocycles. The molecule has 0 aromatic rings. The van der Waals surface area contributed by atoms with Gasteiger partial charge in [0.15, 0.2) is 0 Å². The Morgan fingerprint density at radius 1 is 1.42 bits per heavy atom.